The predicted molar refractivity (Wildman–Crippen MR) is 294 cm³/mol. The van der Waals surface area contributed by atoms with E-state index in [2.05, 4.69) is 208 Å². The fourth-order valence-electron chi connectivity index (χ4n) is 13.9. The van der Waals surface area contributed by atoms with E-state index in [4.69, 9.17) is 4.42 Å². The van der Waals surface area contributed by atoms with Gasteiger partial charge in [-0.2, -0.15) is 0 Å². The molecule has 0 saturated carbocycles. The van der Waals surface area contributed by atoms with Crippen molar-refractivity contribution in [2.75, 3.05) is 9.80 Å². The fourth-order valence-corrected chi connectivity index (χ4v) is 15.3. The van der Waals surface area contributed by atoms with Crippen LogP contribution in [0.15, 0.2) is 101 Å². The standard InChI is InChI=1S/C63H67BN2OS/c1-36-29-49-55-50(30-36)66(47-18-16-20-52-54(47)38-17-14-15-19-51(38)67-52)48-34-44-43(61(8,9)26-27-62(44,10)11)33-46(48)64(55)57-56(39-32-42-45(35-53(39)68-57)63(12,13)28-25-60(42,6)7)65(49)37-21-22-40-41(31-37)59(4,5)24-23-58(40,2)3/h14-22,29-35H,23-28H2,1-13H3. The van der Waals surface area contributed by atoms with Crippen molar-refractivity contribution in [1.82, 2.24) is 0 Å². The molecule has 13 rings (SSSR count). The Bertz CT molecular complexity index is 3520. The third-order valence-electron chi connectivity index (χ3n) is 18.5. The molecule has 5 aliphatic rings. The van der Waals surface area contributed by atoms with Gasteiger partial charge in [0.15, 0.2) is 0 Å². The van der Waals surface area contributed by atoms with E-state index in [1.165, 1.54) is 143 Å². The average molecular weight is 911 g/mol. The van der Waals surface area contributed by atoms with Gasteiger partial charge in [0.05, 0.1) is 16.8 Å². The average Bonchev–Trinajstić information content (AvgIpc) is 3.86. The molecular formula is C63H67BN2OS. The largest absolute Gasteiger partial charge is 0.456 e. The Hall–Kier alpha value is -5.26. The number of benzene rings is 6. The van der Waals surface area contributed by atoms with Crippen molar-refractivity contribution in [2.24, 2.45) is 0 Å². The summed E-state index contributed by atoms with van der Waals surface area (Å²) in [5.41, 5.74) is 23.2. The smallest absolute Gasteiger partial charge is 0.264 e. The van der Waals surface area contributed by atoms with E-state index in [-0.39, 0.29) is 39.2 Å². The van der Waals surface area contributed by atoms with Crippen molar-refractivity contribution in [3.63, 3.8) is 0 Å². The van der Waals surface area contributed by atoms with E-state index in [0.29, 0.717) is 0 Å². The highest BCUT2D eigenvalue weighted by atomic mass is 32.1. The molecule has 0 radical (unpaired) electrons. The first-order valence-corrected chi connectivity index (χ1v) is 26.5. The third-order valence-corrected chi connectivity index (χ3v) is 19.7. The molecule has 0 amide bonds. The molecule has 4 heterocycles. The van der Waals surface area contributed by atoms with Gasteiger partial charge < -0.3 is 14.2 Å². The molecule has 8 aromatic rings. The van der Waals surface area contributed by atoms with Crippen LogP contribution < -0.4 is 25.5 Å². The highest BCUT2D eigenvalue weighted by Gasteiger charge is 2.49. The maximum atomic E-state index is 6.68. The molecule has 6 aromatic carbocycles. The summed E-state index contributed by atoms with van der Waals surface area (Å²) in [5, 5.41) is 3.73. The first kappa shape index (κ1) is 42.8. The second-order valence-electron chi connectivity index (χ2n) is 25.8. The Balaban J connectivity index is 1.19. The summed E-state index contributed by atoms with van der Waals surface area (Å²) in [5.74, 6) is 0. The van der Waals surface area contributed by atoms with E-state index in [0.717, 1.165) is 16.6 Å². The van der Waals surface area contributed by atoms with E-state index < -0.39 is 0 Å². The lowest BCUT2D eigenvalue weighted by molar-refractivity contribution is 0.332. The van der Waals surface area contributed by atoms with Crippen molar-refractivity contribution in [3.05, 3.63) is 136 Å². The number of hydrogen-bond donors (Lipinski definition) is 0. The zero-order chi connectivity index (χ0) is 47.4. The summed E-state index contributed by atoms with van der Waals surface area (Å²) in [6.07, 6.45) is 7.11. The number of hydrogen-bond acceptors (Lipinski definition) is 4. The maximum Gasteiger partial charge on any atom is 0.264 e. The number of para-hydroxylation sites is 1. The van der Waals surface area contributed by atoms with Crippen molar-refractivity contribution in [1.29, 1.82) is 0 Å². The summed E-state index contributed by atoms with van der Waals surface area (Å²) in [6, 6.07) is 38.6. The minimum absolute atomic E-state index is 0.0392. The Labute approximate surface area is 409 Å². The van der Waals surface area contributed by atoms with Crippen LogP contribution in [-0.4, -0.2) is 6.71 Å². The Kier molecular flexibility index (Phi) is 8.52. The number of anilines is 6. The van der Waals surface area contributed by atoms with Crippen molar-refractivity contribution in [2.45, 2.75) is 161 Å². The van der Waals surface area contributed by atoms with Gasteiger partial charge in [-0.15, -0.1) is 11.3 Å². The highest BCUT2D eigenvalue weighted by Crippen LogP contribution is 2.56. The monoisotopic (exact) mass is 911 g/mol. The van der Waals surface area contributed by atoms with E-state index in [1.807, 2.05) is 0 Å². The Morgan fingerprint density at radius 3 is 1.68 bits per heavy atom. The molecule has 0 spiro atoms. The lowest BCUT2D eigenvalue weighted by Gasteiger charge is -2.47. The molecule has 5 heteroatoms. The van der Waals surface area contributed by atoms with Crippen LogP contribution in [0.5, 0.6) is 0 Å². The SMILES string of the molecule is Cc1cc2c3c(c1)N(c1cccc4oc5ccccc5c14)c1cc4c(cc1B3c1sc3cc5c(cc3c1N2c1ccc2c(c1)C(C)(C)CCC2(C)C)C(C)(C)CCC5(C)C)C(C)(C)CCC4(C)C. The summed E-state index contributed by atoms with van der Waals surface area (Å²) in [7, 11) is 0. The lowest BCUT2D eigenvalue weighted by Crippen LogP contribution is -2.61. The fraction of sp³-hybridized carbons (Fsp3) is 0.397. The van der Waals surface area contributed by atoms with Crippen molar-refractivity contribution < 1.29 is 4.42 Å². The summed E-state index contributed by atoms with van der Waals surface area (Å²) >= 11 is 2.07. The molecule has 0 atom stereocenters. The van der Waals surface area contributed by atoms with Gasteiger partial charge in [-0.05, 0) is 188 Å². The van der Waals surface area contributed by atoms with Gasteiger partial charge in [0, 0.05) is 43.0 Å². The first-order valence-electron chi connectivity index (χ1n) is 25.7. The predicted octanol–water partition coefficient (Wildman–Crippen LogP) is 16.2. The quantitative estimate of drug-likeness (QED) is 0.161. The normalized spacial score (nSPS) is 20.7. The molecule has 3 aliphatic carbocycles. The van der Waals surface area contributed by atoms with Crippen LogP contribution >= 0.6 is 11.3 Å². The molecule has 0 bridgehead atoms. The van der Waals surface area contributed by atoms with Gasteiger partial charge in [-0.1, -0.05) is 119 Å². The molecule has 344 valence electrons. The molecule has 0 N–H and O–H groups in total. The molecule has 0 fully saturated rings. The number of thiophene rings is 1. The van der Waals surface area contributed by atoms with Gasteiger partial charge >= 0.3 is 0 Å². The topological polar surface area (TPSA) is 19.6 Å². The van der Waals surface area contributed by atoms with Crippen LogP contribution in [0.25, 0.3) is 32.0 Å². The van der Waals surface area contributed by atoms with Gasteiger partial charge in [0.2, 0.25) is 0 Å². The van der Waals surface area contributed by atoms with Gasteiger partial charge in [-0.3, -0.25) is 0 Å². The van der Waals surface area contributed by atoms with E-state index in [1.54, 1.807) is 0 Å². The van der Waals surface area contributed by atoms with Crippen LogP contribution in [0, 0.1) is 6.92 Å². The number of fused-ring (bicyclic) bond motifs is 12. The second kappa shape index (κ2) is 13.5. The van der Waals surface area contributed by atoms with Crippen LogP contribution in [0.2, 0.25) is 0 Å². The van der Waals surface area contributed by atoms with E-state index >= 15 is 0 Å². The molecule has 0 saturated heterocycles. The Morgan fingerprint density at radius 1 is 0.471 bits per heavy atom. The third kappa shape index (κ3) is 5.78. The molecule has 0 unspecified atom stereocenters. The second-order valence-corrected chi connectivity index (χ2v) is 26.9. The molecule has 2 aliphatic heterocycles. The molecular weight excluding hydrogens is 844 g/mol. The lowest BCUT2D eigenvalue weighted by atomic mass is 9.35. The molecule has 68 heavy (non-hydrogen) atoms. The first-order chi connectivity index (χ1) is 32.1. The van der Waals surface area contributed by atoms with Gasteiger partial charge in [0.1, 0.15) is 11.2 Å². The number of aryl methyl sites for hydroxylation is 1. The van der Waals surface area contributed by atoms with Crippen molar-refractivity contribution in [3.8, 4) is 0 Å². The van der Waals surface area contributed by atoms with Crippen LogP contribution in [0.1, 0.15) is 161 Å². The molecule has 2 aromatic heterocycles. The summed E-state index contributed by atoms with van der Waals surface area (Å²) < 4.78 is 9.56. The zero-order valence-corrected chi connectivity index (χ0v) is 43.6. The van der Waals surface area contributed by atoms with Crippen LogP contribution in [0.4, 0.5) is 34.1 Å². The van der Waals surface area contributed by atoms with Crippen LogP contribution in [0.3, 0.4) is 0 Å². The van der Waals surface area contributed by atoms with Gasteiger partial charge in [-0.25, -0.2) is 0 Å². The number of nitrogens with zero attached hydrogens (tertiary/aromatic N) is 2. The number of rotatable bonds is 2. The van der Waals surface area contributed by atoms with E-state index in [9.17, 15) is 0 Å². The van der Waals surface area contributed by atoms with Crippen molar-refractivity contribution >= 4 is 99.9 Å². The highest BCUT2D eigenvalue weighted by molar-refractivity contribution is 7.33. The van der Waals surface area contributed by atoms with Crippen LogP contribution in [-0.2, 0) is 32.5 Å². The van der Waals surface area contributed by atoms with Gasteiger partial charge in [0.25, 0.3) is 6.71 Å². The number of furan rings is 1. The Morgan fingerprint density at radius 2 is 1.01 bits per heavy atom. The minimum atomic E-state index is 0.0392. The maximum absolute atomic E-state index is 6.68. The summed E-state index contributed by atoms with van der Waals surface area (Å²) in [6.45, 7) is 32.1. The summed E-state index contributed by atoms with van der Waals surface area (Å²) in [4.78, 5) is 5.41. The minimum Gasteiger partial charge on any atom is -0.456 e. The molecule has 3 nitrogen and oxygen atoms in total. The zero-order valence-electron chi connectivity index (χ0n) is 42.8.